The first-order chi connectivity index (χ1) is 32.4. The predicted octanol–water partition coefficient (Wildman–Crippen LogP) is 8.27. The number of hydrogen-bond donors (Lipinski definition) is 4. The molecule has 0 unspecified atom stereocenters. The van der Waals surface area contributed by atoms with Crippen LogP contribution in [0.5, 0.6) is 0 Å². The summed E-state index contributed by atoms with van der Waals surface area (Å²) >= 11 is 0. The van der Waals surface area contributed by atoms with Crippen molar-refractivity contribution in [1.82, 2.24) is 40.4 Å². The summed E-state index contributed by atoms with van der Waals surface area (Å²) in [5, 5.41) is 5.62. The van der Waals surface area contributed by atoms with E-state index in [9.17, 15) is 19.2 Å². The standard InChI is InChI=1S/C51H69N9O7Si/c1-31(2)43(56-49(63)65-6)47(61)59-22-10-11-41(59)45-52-37-18-12-32(25-39(37)54-45)27-58(36-16-14-35(15-17-36)51(3,4)5)28-33-13-19-38-40(26-33)55-46(53-38)42-29-68(8,9)30-60(42)48(62)44(57-50(64)66-7)34-20-23-67-24-21-34/h12-19,25-26,31,34,41-44H,10-11,20-24,27-30H2,1-9H3,(H,52,54)(H,53,55)(H,56,63)(H,57,64)/t41-,42-,43-,44-/m0/s1. The molecular weight excluding hydrogens is 879 g/mol. The van der Waals surface area contributed by atoms with E-state index in [2.05, 4.69) is 114 Å². The molecule has 3 aliphatic heterocycles. The van der Waals surface area contributed by atoms with Gasteiger partial charge in [-0.05, 0) is 102 Å². The van der Waals surface area contributed by atoms with Gasteiger partial charge in [0, 0.05) is 44.7 Å². The van der Waals surface area contributed by atoms with Crippen LogP contribution in [0.1, 0.15) is 101 Å². The van der Waals surface area contributed by atoms with E-state index in [1.54, 1.807) is 0 Å². The number of hydrogen-bond acceptors (Lipinski definition) is 10. The zero-order valence-electron chi connectivity index (χ0n) is 41.1. The van der Waals surface area contributed by atoms with E-state index < -0.39 is 32.3 Å². The van der Waals surface area contributed by atoms with Crippen LogP contribution < -0.4 is 15.5 Å². The number of amides is 4. The van der Waals surface area contributed by atoms with Gasteiger partial charge in [0.1, 0.15) is 23.7 Å². The largest absolute Gasteiger partial charge is 0.453 e. The monoisotopic (exact) mass is 948 g/mol. The van der Waals surface area contributed by atoms with E-state index in [1.807, 2.05) is 29.7 Å². The maximum atomic E-state index is 14.5. The molecule has 0 saturated carbocycles. The molecule has 5 aromatic rings. The molecule has 0 spiro atoms. The van der Waals surface area contributed by atoms with Gasteiger partial charge in [-0.25, -0.2) is 19.6 Å². The van der Waals surface area contributed by atoms with Crippen LogP contribution >= 0.6 is 0 Å². The summed E-state index contributed by atoms with van der Waals surface area (Å²) in [7, 11) is 0.782. The Bertz CT molecular complexity index is 2620. The number of likely N-dealkylation sites (tertiary alicyclic amines) is 1. The van der Waals surface area contributed by atoms with E-state index in [0.29, 0.717) is 51.9 Å². The molecule has 3 aliphatic rings. The third-order valence-corrected chi connectivity index (χ3v) is 16.7. The molecule has 17 heteroatoms. The Hall–Kier alpha value is -5.94. The second-order valence-electron chi connectivity index (χ2n) is 21.1. The van der Waals surface area contributed by atoms with Crippen LogP contribution in [-0.4, -0.2) is 114 Å². The van der Waals surface area contributed by atoms with Crippen molar-refractivity contribution >= 4 is 59.8 Å². The normalized spacial score (nSPS) is 19.6. The van der Waals surface area contributed by atoms with E-state index in [4.69, 9.17) is 24.2 Å². The van der Waals surface area contributed by atoms with Crippen LogP contribution in [-0.2, 0) is 42.3 Å². The smallest absolute Gasteiger partial charge is 0.407 e. The Labute approximate surface area is 400 Å². The van der Waals surface area contributed by atoms with Crippen molar-refractivity contribution in [2.45, 2.75) is 122 Å². The zero-order valence-corrected chi connectivity index (χ0v) is 42.1. The summed E-state index contributed by atoms with van der Waals surface area (Å²) in [6, 6.07) is 20.4. The lowest BCUT2D eigenvalue weighted by atomic mass is 9.87. The number of carbonyl (C=O) groups excluding carboxylic acids is 4. The van der Waals surface area contributed by atoms with Gasteiger partial charge in [-0.15, -0.1) is 0 Å². The summed E-state index contributed by atoms with van der Waals surface area (Å²) in [6.07, 6.45) is 2.41. The molecule has 364 valence electrons. The summed E-state index contributed by atoms with van der Waals surface area (Å²) in [5.41, 5.74) is 7.99. The van der Waals surface area contributed by atoms with E-state index in [0.717, 1.165) is 69.4 Å². The second-order valence-corrected chi connectivity index (χ2v) is 26.1. The lowest BCUT2D eigenvalue weighted by Crippen LogP contribution is -2.53. The fraction of sp³-hybridized carbons (Fsp3) is 0.529. The molecule has 3 aromatic carbocycles. The molecule has 2 aromatic heterocycles. The van der Waals surface area contributed by atoms with Crippen LogP contribution in [0.25, 0.3) is 22.1 Å². The number of carbonyl (C=O) groups is 4. The minimum atomic E-state index is -1.84. The molecule has 4 amide bonds. The highest BCUT2D eigenvalue weighted by atomic mass is 28.3. The quantitative estimate of drug-likeness (QED) is 0.0838. The Morgan fingerprint density at radius 3 is 1.93 bits per heavy atom. The second kappa shape index (κ2) is 20.0. The van der Waals surface area contributed by atoms with Crippen LogP contribution in [0.2, 0.25) is 19.1 Å². The number of ether oxygens (including phenoxy) is 3. The summed E-state index contributed by atoms with van der Waals surface area (Å²) < 4.78 is 15.4. The number of alkyl carbamates (subject to hydrolysis) is 2. The summed E-state index contributed by atoms with van der Waals surface area (Å²) in [5.74, 6) is 1.09. The third kappa shape index (κ3) is 10.7. The Kier molecular flexibility index (Phi) is 14.2. The van der Waals surface area contributed by atoms with Gasteiger partial charge in [-0.1, -0.05) is 72.0 Å². The number of rotatable bonds is 13. The summed E-state index contributed by atoms with van der Waals surface area (Å²) in [4.78, 5) is 76.5. The van der Waals surface area contributed by atoms with Gasteiger partial charge in [-0.2, -0.15) is 0 Å². The lowest BCUT2D eigenvalue weighted by Gasteiger charge is -2.34. The van der Waals surface area contributed by atoms with Crippen molar-refractivity contribution in [3.8, 4) is 0 Å². The molecule has 4 N–H and O–H groups in total. The van der Waals surface area contributed by atoms with Gasteiger partial charge < -0.3 is 49.5 Å². The average Bonchev–Trinajstić information content (AvgIpc) is 4.13. The van der Waals surface area contributed by atoms with Crippen LogP contribution in [0.15, 0.2) is 60.7 Å². The minimum absolute atomic E-state index is 0.00394. The molecule has 0 bridgehead atoms. The number of anilines is 1. The van der Waals surface area contributed by atoms with Crippen LogP contribution in [0.3, 0.4) is 0 Å². The number of H-pyrrole nitrogens is 2. The van der Waals surface area contributed by atoms with Gasteiger partial charge in [0.2, 0.25) is 11.8 Å². The van der Waals surface area contributed by atoms with E-state index in [1.165, 1.54) is 19.8 Å². The van der Waals surface area contributed by atoms with Gasteiger partial charge in [0.05, 0.1) is 56.4 Å². The fourth-order valence-electron chi connectivity index (χ4n) is 10.2. The number of aromatic amines is 2. The molecular formula is C51H69N9O7Si. The Balaban J connectivity index is 1.05. The zero-order chi connectivity index (χ0) is 48.5. The molecule has 0 aliphatic carbocycles. The topological polar surface area (TPSA) is 187 Å². The molecule has 3 fully saturated rings. The predicted molar refractivity (Wildman–Crippen MR) is 265 cm³/mol. The Morgan fingerprint density at radius 1 is 0.794 bits per heavy atom. The van der Waals surface area contributed by atoms with Crippen molar-refractivity contribution in [1.29, 1.82) is 0 Å². The first-order valence-electron chi connectivity index (χ1n) is 24.1. The lowest BCUT2D eigenvalue weighted by molar-refractivity contribution is -0.136. The number of imidazole rings is 2. The van der Waals surface area contributed by atoms with Crippen molar-refractivity contribution in [2.24, 2.45) is 11.8 Å². The first-order valence-corrected chi connectivity index (χ1v) is 27.5. The SMILES string of the molecule is COC(=O)N[C@H](C(=O)N1CCC[C@H]1c1nc2ccc(CN(Cc3ccc4nc([C@@H]5C[Si](C)(C)CN5C(=O)[C@@H](NC(=O)OC)C5CCOCC5)[nH]c4c3)c3ccc(C(C)(C)C)cc3)cc2[nH]1)C(C)C. The van der Waals surface area contributed by atoms with Crippen molar-refractivity contribution < 1.29 is 33.4 Å². The maximum absolute atomic E-state index is 14.5. The van der Waals surface area contributed by atoms with Crippen LogP contribution in [0, 0.1) is 11.8 Å². The van der Waals surface area contributed by atoms with Crippen molar-refractivity contribution in [3.63, 3.8) is 0 Å². The number of nitrogens with one attached hydrogen (secondary N) is 4. The average molecular weight is 948 g/mol. The molecule has 16 nitrogen and oxygen atoms in total. The number of aromatic nitrogens is 4. The molecule has 3 saturated heterocycles. The Morgan fingerprint density at radius 2 is 1.37 bits per heavy atom. The molecule has 5 heterocycles. The molecule has 8 rings (SSSR count). The maximum Gasteiger partial charge on any atom is 0.407 e. The third-order valence-electron chi connectivity index (χ3n) is 14.0. The van der Waals surface area contributed by atoms with Gasteiger partial charge >= 0.3 is 12.2 Å². The first kappa shape index (κ1) is 48.5. The molecule has 4 atom stereocenters. The number of nitrogens with zero attached hydrogens (tertiary/aromatic N) is 5. The van der Waals surface area contributed by atoms with Crippen molar-refractivity contribution in [2.75, 3.05) is 45.0 Å². The number of fused-ring (bicyclic) bond motifs is 2. The highest BCUT2D eigenvalue weighted by Crippen LogP contribution is 2.39. The number of methoxy groups -OCH3 is 2. The van der Waals surface area contributed by atoms with Gasteiger partial charge in [-0.3, -0.25) is 9.59 Å². The number of benzene rings is 3. The van der Waals surface area contributed by atoms with Crippen molar-refractivity contribution in [3.05, 3.63) is 89.0 Å². The van der Waals surface area contributed by atoms with E-state index >= 15 is 0 Å². The molecule has 68 heavy (non-hydrogen) atoms. The van der Waals surface area contributed by atoms with Gasteiger partial charge in [0.15, 0.2) is 0 Å². The van der Waals surface area contributed by atoms with Gasteiger partial charge in [0.25, 0.3) is 0 Å². The highest BCUT2D eigenvalue weighted by molar-refractivity contribution is 6.78. The minimum Gasteiger partial charge on any atom is -0.453 e. The fourth-order valence-corrected chi connectivity index (χ4v) is 13.1. The summed E-state index contributed by atoms with van der Waals surface area (Å²) in [6.45, 7) is 18.0. The molecule has 0 radical (unpaired) electrons. The van der Waals surface area contributed by atoms with E-state index in [-0.39, 0.29) is 41.1 Å². The van der Waals surface area contributed by atoms with Crippen LogP contribution in [0.4, 0.5) is 15.3 Å². The highest BCUT2D eigenvalue weighted by Gasteiger charge is 2.47.